The Labute approximate surface area is 194 Å². The summed E-state index contributed by atoms with van der Waals surface area (Å²) in [5.74, 6) is -1.53. The maximum Gasteiger partial charge on any atom is 0.295 e. The molecular formula is C26H31FN2O4. The standard InChI is InChI=1S/C26H31FN2O4/c1-4-5-16-33-21-9-6-8-19(17-21)23-22(24(30)18-10-12-20(27)13-11-18)25(31)26(32)29(23)15-7-14-28(2)3/h6,8-13,17,23,30H,4-5,7,14-16H2,1-3H3. The van der Waals surface area contributed by atoms with E-state index in [1.165, 1.54) is 29.2 Å². The molecule has 0 saturated carbocycles. The zero-order chi connectivity index (χ0) is 24.0. The summed E-state index contributed by atoms with van der Waals surface area (Å²) < 4.78 is 19.2. The van der Waals surface area contributed by atoms with Crippen LogP contribution in [-0.4, -0.2) is 60.4 Å². The van der Waals surface area contributed by atoms with E-state index in [9.17, 15) is 19.1 Å². The molecular weight excluding hydrogens is 423 g/mol. The first kappa shape index (κ1) is 24.5. The number of hydrogen-bond donors (Lipinski definition) is 1. The van der Waals surface area contributed by atoms with Crippen LogP contribution in [0.4, 0.5) is 4.39 Å². The van der Waals surface area contributed by atoms with Crippen molar-refractivity contribution in [3.63, 3.8) is 0 Å². The first-order valence-electron chi connectivity index (χ1n) is 11.2. The maximum atomic E-state index is 13.4. The van der Waals surface area contributed by atoms with Gasteiger partial charge in [-0.25, -0.2) is 4.39 Å². The van der Waals surface area contributed by atoms with Gasteiger partial charge in [0, 0.05) is 12.1 Å². The smallest absolute Gasteiger partial charge is 0.295 e. The summed E-state index contributed by atoms with van der Waals surface area (Å²) in [7, 11) is 3.88. The van der Waals surface area contributed by atoms with Crippen molar-refractivity contribution in [1.29, 1.82) is 0 Å². The molecule has 2 aromatic rings. The number of ketones is 1. The van der Waals surface area contributed by atoms with Crippen molar-refractivity contribution in [2.45, 2.75) is 32.2 Å². The summed E-state index contributed by atoms with van der Waals surface area (Å²) in [6, 6.07) is 11.7. The largest absolute Gasteiger partial charge is 0.507 e. The number of halogens is 1. The Hall–Kier alpha value is -3.19. The Kier molecular flexibility index (Phi) is 8.22. The minimum atomic E-state index is -0.757. The summed E-state index contributed by atoms with van der Waals surface area (Å²) in [5, 5.41) is 11.0. The van der Waals surface area contributed by atoms with Crippen LogP contribution in [0.5, 0.6) is 5.75 Å². The van der Waals surface area contributed by atoms with Crippen molar-refractivity contribution in [1.82, 2.24) is 9.80 Å². The molecule has 1 fully saturated rings. The molecule has 0 aromatic heterocycles. The van der Waals surface area contributed by atoms with E-state index >= 15 is 0 Å². The van der Waals surface area contributed by atoms with E-state index < -0.39 is 23.5 Å². The molecule has 0 spiro atoms. The van der Waals surface area contributed by atoms with Gasteiger partial charge in [-0.1, -0.05) is 25.5 Å². The van der Waals surface area contributed by atoms with Crippen molar-refractivity contribution >= 4 is 17.4 Å². The SMILES string of the molecule is CCCCOc1cccc(C2C(=C(O)c3ccc(F)cc3)C(=O)C(=O)N2CCCN(C)C)c1. The van der Waals surface area contributed by atoms with Crippen molar-refractivity contribution < 1.29 is 23.8 Å². The molecule has 0 bridgehead atoms. The fourth-order valence-corrected chi connectivity index (χ4v) is 3.89. The third kappa shape index (κ3) is 5.79. The topological polar surface area (TPSA) is 70.1 Å². The zero-order valence-corrected chi connectivity index (χ0v) is 19.4. The number of nitrogens with zero attached hydrogens (tertiary/aromatic N) is 2. The number of Topliss-reactive ketones (excluding diaryl/α,β-unsaturated/α-hetero) is 1. The Balaban J connectivity index is 2.04. The summed E-state index contributed by atoms with van der Waals surface area (Å²) >= 11 is 0. The lowest BCUT2D eigenvalue weighted by atomic mass is 9.95. The summed E-state index contributed by atoms with van der Waals surface area (Å²) in [5.41, 5.74) is 0.960. The number of ether oxygens (including phenoxy) is 1. The highest BCUT2D eigenvalue weighted by atomic mass is 19.1. The molecule has 7 heteroatoms. The molecule has 6 nitrogen and oxygen atoms in total. The second-order valence-corrected chi connectivity index (χ2v) is 8.43. The lowest BCUT2D eigenvalue weighted by Crippen LogP contribution is -2.32. The quantitative estimate of drug-likeness (QED) is 0.250. The van der Waals surface area contributed by atoms with Gasteiger partial charge in [-0.15, -0.1) is 0 Å². The van der Waals surface area contributed by atoms with Gasteiger partial charge in [0.1, 0.15) is 17.3 Å². The molecule has 0 aliphatic carbocycles. The first-order chi connectivity index (χ1) is 15.8. The van der Waals surface area contributed by atoms with Crippen LogP contribution in [0.2, 0.25) is 0 Å². The molecule has 1 heterocycles. The molecule has 1 atom stereocenters. The summed E-state index contributed by atoms with van der Waals surface area (Å²) in [4.78, 5) is 29.5. The van der Waals surface area contributed by atoms with Crippen LogP contribution < -0.4 is 4.74 Å². The summed E-state index contributed by atoms with van der Waals surface area (Å²) in [6.07, 6.45) is 2.58. The number of carbonyl (C=O) groups is 2. The van der Waals surface area contributed by atoms with Gasteiger partial charge in [0.25, 0.3) is 11.7 Å². The highest BCUT2D eigenvalue weighted by molar-refractivity contribution is 6.46. The van der Waals surface area contributed by atoms with Gasteiger partial charge in [-0.05, 0) is 75.4 Å². The number of aliphatic hydroxyl groups is 1. The van der Waals surface area contributed by atoms with Gasteiger partial charge in [0.15, 0.2) is 0 Å². The molecule has 3 rings (SSSR count). The molecule has 1 aliphatic rings. The predicted octanol–water partition coefficient (Wildman–Crippen LogP) is 4.38. The lowest BCUT2D eigenvalue weighted by Gasteiger charge is -2.26. The second-order valence-electron chi connectivity index (χ2n) is 8.43. The molecule has 33 heavy (non-hydrogen) atoms. The van der Waals surface area contributed by atoms with Crippen LogP contribution >= 0.6 is 0 Å². The molecule has 1 saturated heterocycles. The third-order valence-electron chi connectivity index (χ3n) is 5.60. The highest BCUT2D eigenvalue weighted by Gasteiger charge is 2.45. The van der Waals surface area contributed by atoms with Gasteiger partial charge in [-0.2, -0.15) is 0 Å². The third-order valence-corrected chi connectivity index (χ3v) is 5.60. The number of aliphatic hydroxyl groups excluding tert-OH is 1. The molecule has 176 valence electrons. The number of amides is 1. The number of benzene rings is 2. The van der Waals surface area contributed by atoms with Crippen molar-refractivity contribution in [3.8, 4) is 5.75 Å². The number of likely N-dealkylation sites (tertiary alicyclic amines) is 1. The number of unbranched alkanes of at least 4 members (excludes halogenated alkanes) is 1. The van der Waals surface area contributed by atoms with E-state index in [1.54, 1.807) is 0 Å². The van der Waals surface area contributed by atoms with Crippen molar-refractivity contribution in [2.75, 3.05) is 33.8 Å². The molecule has 1 amide bonds. The lowest BCUT2D eigenvalue weighted by molar-refractivity contribution is -0.139. The minimum absolute atomic E-state index is 0.00201. The van der Waals surface area contributed by atoms with Crippen LogP contribution in [0.3, 0.4) is 0 Å². The van der Waals surface area contributed by atoms with Gasteiger partial charge in [-0.3, -0.25) is 9.59 Å². The fourth-order valence-electron chi connectivity index (χ4n) is 3.89. The van der Waals surface area contributed by atoms with Crippen LogP contribution in [0.15, 0.2) is 54.1 Å². The van der Waals surface area contributed by atoms with E-state index in [1.807, 2.05) is 43.3 Å². The van der Waals surface area contributed by atoms with E-state index in [0.717, 1.165) is 19.4 Å². The van der Waals surface area contributed by atoms with Gasteiger partial charge in [0.05, 0.1) is 18.2 Å². The van der Waals surface area contributed by atoms with E-state index in [2.05, 4.69) is 6.92 Å². The normalized spacial score (nSPS) is 17.7. The first-order valence-corrected chi connectivity index (χ1v) is 11.2. The van der Waals surface area contributed by atoms with Crippen LogP contribution in [0.25, 0.3) is 5.76 Å². The number of hydrogen-bond acceptors (Lipinski definition) is 5. The van der Waals surface area contributed by atoms with Crippen LogP contribution in [-0.2, 0) is 9.59 Å². The minimum Gasteiger partial charge on any atom is -0.507 e. The van der Waals surface area contributed by atoms with E-state index in [0.29, 0.717) is 30.9 Å². The predicted molar refractivity (Wildman–Crippen MR) is 125 cm³/mol. The zero-order valence-electron chi connectivity index (χ0n) is 19.4. The van der Waals surface area contributed by atoms with Crippen molar-refractivity contribution in [2.24, 2.45) is 0 Å². The van der Waals surface area contributed by atoms with Crippen LogP contribution in [0, 0.1) is 5.82 Å². The van der Waals surface area contributed by atoms with E-state index in [-0.39, 0.29) is 16.9 Å². The average molecular weight is 455 g/mol. The monoisotopic (exact) mass is 454 g/mol. The molecule has 0 radical (unpaired) electrons. The molecule has 1 aliphatic heterocycles. The Bertz CT molecular complexity index is 1020. The van der Waals surface area contributed by atoms with Crippen LogP contribution in [0.1, 0.15) is 43.4 Å². The highest BCUT2D eigenvalue weighted by Crippen LogP contribution is 2.40. The van der Waals surface area contributed by atoms with E-state index in [4.69, 9.17) is 4.74 Å². The van der Waals surface area contributed by atoms with Gasteiger partial charge in [0.2, 0.25) is 0 Å². The summed E-state index contributed by atoms with van der Waals surface area (Å²) in [6.45, 7) is 3.75. The Morgan fingerprint density at radius 1 is 1.12 bits per heavy atom. The molecule has 2 aromatic carbocycles. The fraction of sp³-hybridized carbons (Fsp3) is 0.385. The molecule has 1 N–H and O–H groups in total. The van der Waals surface area contributed by atoms with Crippen molar-refractivity contribution in [3.05, 3.63) is 71.0 Å². The number of carbonyl (C=O) groups excluding carboxylic acids is 2. The Morgan fingerprint density at radius 3 is 2.52 bits per heavy atom. The van der Waals surface area contributed by atoms with Gasteiger partial charge >= 0.3 is 0 Å². The average Bonchev–Trinajstić information content (AvgIpc) is 3.04. The molecule has 1 unspecified atom stereocenters. The second kappa shape index (κ2) is 11.1. The number of rotatable bonds is 10. The maximum absolute atomic E-state index is 13.4. The Morgan fingerprint density at radius 2 is 1.85 bits per heavy atom. The van der Waals surface area contributed by atoms with Gasteiger partial charge < -0.3 is 19.6 Å².